The van der Waals surface area contributed by atoms with E-state index in [0.717, 1.165) is 0 Å². The predicted molar refractivity (Wildman–Crippen MR) is 96.6 cm³/mol. The molecule has 2 unspecified atom stereocenters. The van der Waals surface area contributed by atoms with Crippen LogP contribution in [0.15, 0.2) is 95.3 Å². The van der Waals surface area contributed by atoms with Crippen LogP contribution in [0.3, 0.4) is 0 Å². The number of anilines is 1. The molecule has 1 aliphatic carbocycles. The lowest BCUT2D eigenvalue weighted by molar-refractivity contribution is -0.00735. The fourth-order valence-corrected chi connectivity index (χ4v) is 3.97. The number of hydrogen-bond donors (Lipinski definition) is 1. The van der Waals surface area contributed by atoms with Crippen LogP contribution in [0, 0.1) is 0 Å². The van der Waals surface area contributed by atoms with Crippen LogP contribution in [0.25, 0.3) is 0 Å². The lowest BCUT2D eigenvalue weighted by Gasteiger charge is -2.37. The molecule has 0 amide bonds. The van der Waals surface area contributed by atoms with Crippen LogP contribution in [-0.2, 0) is 11.3 Å². The molecule has 3 aromatic rings. The molecule has 5 rings (SSSR count). The standard InChI is InChI=1S/C21H15N3O2/c25-19-17-13-7-8-14-18(17)21(26)20(19,15-9-3-1-4-10-15)22-23-24(21)16-11-5-2-6-12-16/h1-14,26H. The quantitative estimate of drug-likeness (QED) is 0.771. The molecule has 1 aliphatic heterocycles. The average molecular weight is 341 g/mol. The van der Waals surface area contributed by atoms with E-state index in [2.05, 4.69) is 10.3 Å². The van der Waals surface area contributed by atoms with Gasteiger partial charge in [0.25, 0.3) is 0 Å². The molecule has 1 N–H and O–H groups in total. The third kappa shape index (κ3) is 1.61. The zero-order valence-electron chi connectivity index (χ0n) is 13.8. The van der Waals surface area contributed by atoms with Crippen molar-refractivity contribution < 1.29 is 9.90 Å². The van der Waals surface area contributed by atoms with E-state index in [0.29, 0.717) is 22.4 Å². The Labute approximate surface area is 150 Å². The lowest BCUT2D eigenvalue weighted by atomic mass is 9.80. The van der Waals surface area contributed by atoms with Gasteiger partial charge < -0.3 is 5.11 Å². The van der Waals surface area contributed by atoms with Crippen LogP contribution in [0.4, 0.5) is 5.69 Å². The van der Waals surface area contributed by atoms with Crippen molar-refractivity contribution in [2.45, 2.75) is 11.3 Å². The zero-order chi connectivity index (χ0) is 17.8. The Hall–Kier alpha value is -3.31. The fraction of sp³-hybridized carbons (Fsp3) is 0.0952. The normalized spacial score (nSPS) is 26.0. The molecular weight excluding hydrogens is 326 g/mol. The minimum Gasteiger partial charge on any atom is -0.363 e. The number of carbonyl (C=O) groups is 1. The van der Waals surface area contributed by atoms with Crippen molar-refractivity contribution in [1.82, 2.24) is 0 Å². The molecule has 3 aromatic carbocycles. The van der Waals surface area contributed by atoms with Crippen LogP contribution < -0.4 is 5.01 Å². The van der Waals surface area contributed by atoms with Crippen molar-refractivity contribution in [1.29, 1.82) is 0 Å². The first-order valence-electron chi connectivity index (χ1n) is 8.40. The summed E-state index contributed by atoms with van der Waals surface area (Å²) >= 11 is 0. The molecule has 26 heavy (non-hydrogen) atoms. The van der Waals surface area contributed by atoms with Gasteiger partial charge in [-0.05, 0) is 17.7 Å². The molecule has 0 spiro atoms. The summed E-state index contributed by atoms with van der Waals surface area (Å²) in [6, 6.07) is 25.5. The molecule has 5 heteroatoms. The Kier molecular flexibility index (Phi) is 2.94. The highest BCUT2D eigenvalue weighted by atomic mass is 16.3. The van der Waals surface area contributed by atoms with Crippen LogP contribution in [0.5, 0.6) is 0 Å². The molecule has 0 radical (unpaired) electrons. The molecule has 5 nitrogen and oxygen atoms in total. The zero-order valence-corrected chi connectivity index (χ0v) is 13.8. The van der Waals surface area contributed by atoms with E-state index in [1.54, 1.807) is 18.2 Å². The number of fused-ring (bicyclic) bond motifs is 3. The molecule has 0 bridgehead atoms. The maximum absolute atomic E-state index is 13.4. The van der Waals surface area contributed by atoms with E-state index in [-0.39, 0.29) is 5.78 Å². The van der Waals surface area contributed by atoms with Gasteiger partial charge in [0.15, 0.2) is 0 Å². The second-order valence-corrected chi connectivity index (χ2v) is 6.46. The molecule has 0 aromatic heterocycles. The van der Waals surface area contributed by atoms with Crippen molar-refractivity contribution in [3.63, 3.8) is 0 Å². The van der Waals surface area contributed by atoms with Crippen LogP contribution in [0.2, 0.25) is 0 Å². The first-order valence-corrected chi connectivity index (χ1v) is 8.40. The summed E-state index contributed by atoms with van der Waals surface area (Å²) in [6.45, 7) is 0. The highest BCUT2D eigenvalue weighted by molar-refractivity contribution is 6.10. The van der Waals surface area contributed by atoms with Crippen LogP contribution in [-0.4, -0.2) is 10.9 Å². The topological polar surface area (TPSA) is 65.3 Å². The van der Waals surface area contributed by atoms with Gasteiger partial charge >= 0.3 is 0 Å². The van der Waals surface area contributed by atoms with Crippen LogP contribution >= 0.6 is 0 Å². The minimum absolute atomic E-state index is 0.246. The number of hydrogen-bond acceptors (Lipinski definition) is 5. The van der Waals surface area contributed by atoms with Crippen molar-refractivity contribution in [2.75, 3.05) is 5.01 Å². The Morgan fingerprint density at radius 3 is 2.15 bits per heavy atom. The Bertz CT molecular complexity index is 1040. The van der Waals surface area contributed by atoms with Crippen molar-refractivity contribution in [3.05, 3.63) is 102 Å². The Balaban J connectivity index is 1.83. The minimum atomic E-state index is -1.72. The molecule has 0 saturated carbocycles. The number of rotatable bonds is 2. The molecule has 0 saturated heterocycles. The number of ketones is 1. The smallest absolute Gasteiger partial charge is 0.226 e. The predicted octanol–water partition coefficient (Wildman–Crippen LogP) is 3.81. The highest BCUT2D eigenvalue weighted by Gasteiger charge is 2.71. The maximum atomic E-state index is 13.4. The van der Waals surface area contributed by atoms with Gasteiger partial charge in [-0.1, -0.05) is 78.0 Å². The molecular formula is C21H15N3O2. The Morgan fingerprint density at radius 1 is 0.808 bits per heavy atom. The first-order chi connectivity index (χ1) is 12.7. The average Bonchev–Trinajstić information content (AvgIpc) is 3.12. The second-order valence-electron chi connectivity index (χ2n) is 6.46. The summed E-state index contributed by atoms with van der Waals surface area (Å²) in [4.78, 5) is 13.4. The van der Waals surface area contributed by atoms with Gasteiger partial charge in [0.2, 0.25) is 17.0 Å². The van der Waals surface area contributed by atoms with Gasteiger partial charge in [-0.15, -0.1) is 5.11 Å². The molecule has 2 aliphatic rings. The number of benzene rings is 3. The number of Topliss-reactive ketones (excluding diaryl/α,β-unsaturated/α-hetero) is 1. The van der Waals surface area contributed by atoms with E-state index >= 15 is 0 Å². The van der Waals surface area contributed by atoms with Crippen molar-refractivity contribution in [2.24, 2.45) is 10.3 Å². The number of nitrogens with zero attached hydrogens (tertiary/aromatic N) is 3. The lowest BCUT2D eigenvalue weighted by Crippen LogP contribution is -2.53. The number of aliphatic hydroxyl groups is 1. The molecule has 126 valence electrons. The summed E-state index contributed by atoms with van der Waals surface area (Å²) in [5.41, 5.74) is -0.968. The monoisotopic (exact) mass is 341 g/mol. The second kappa shape index (κ2) is 5.09. The summed E-state index contributed by atoms with van der Waals surface area (Å²) < 4.78 is 0. The largest absolute Gasteiger partial charge is 0.363 e. The van der Waals surface area contributed by atoms with Gasteiger partial charge in [0, 0.05) is 11.1 Å². The van der Waals surface area contributed by atoms with Gasteiger partial charge in [-0.2, -0.15) is 0 Å². The van der Waals surface area contributed by atoms with Crippen molar-refractivity contribution in [3.8, 4) is 0 Å². The molecule has 0 fully saturated rings. The van der Waals surface area contributed by atoms with Gasteiger partial charge in [-0.25, -0.2) is 5.01 Å². The third-order valence-corrected chi connectivity index (χ3v) is 5.16. The Morgan fingerprint density at radius 2 is 1.42 bits per heavy atom. The third-order valence-electron chi connectivity index (χ3n) is 5.16. The van der Waals surface area contributed by atoms with E-state index in [1.807, 2.05) is 66.7 Å². The van der Waals surface area contributed by atoms with Gasteiger partial charge in [0.05, 0.1) is 5.69 Å². The SMILES string of the molecule is O=C1c2ccccc2C2(O)N(c3ccccc3)N=NC12c1ccccc1. The maximum Gasteiger partial charge on any atom is 0.226 e. The van der Waals surface area contributed by atoms with Gasteiger partial charge in [-0.3, -0.25) is 4.79 Å². The van der Waals surface area contributed by atoms with E-state index in [1.165, 1.54) is 5.01 Å². The van der Waals surface area contributed by atoms with E-state index in [9.17, 15) is 9.90 Å². The van der Waals surface area contributed by atoms with E-state index in [4.69, 9.17) is 0 Å². The summed E-state index contributed by atoms with van der Waals surface area (Å²) in [5, 5.41) is 22.1. The number of para-hydroxylation sites is 1. The summed E-state index contributed by atoms with van der Waals surface area (Å²) in [6.07, 6.45) is 0. The fourth-order valence-electron chi connectivity index (χ4n) is 3.97. The molecule has 2 atom stereocenters. The van der Waals surface area contributed by atoms with Crippen molar-refractivity contribution >= 4 is 11.5 Å². The first kappa shape index (κ1) is 15.0. The summed E-state index contributed by atoms with van der Waals surface area (Å²) in [5.74, 6) is -0.246. The molecule has 1 heterocycles. The van der Waals surface area contributed by atoms with Gasteiger partial charge in [0.1, 0.15) is 0 Å². The highest BCUT2D eigenvalue weighted by Crippen LogP contribution is 2.58. The summed E-state index contributed by atoms with van der Waals surface area (Å²) in [7, 11) is 0. The van der Waals surface area contributed by atoms with Crippen LogP contribution in [0.1, 0.15) is 21.5 Å². The van der Waals surface area contributed by atoms with E-state index < -0.39 is 11.3 Å². The number of carbonyl (C=O) groups excluding carboxylic acids is 1.